The average molecular weight is 288 g/mol. The second-order valence-electron chi connectivity index (χ2n) is 5.24. The first-order valence-electron chi connectivity index (χ1n) is 7.34. The maximum Gasteiger partial charge on any atom is 0.0589 e. The predicted molar refractivity (Wildman–Crippen MR) is 82.8 cm³/mol. The van der Waals surface area contributed by atoms with Crippen molar-refractivity contribution in [3.05, 3.63) is 47.5 Å². The van der Waals surface area contributed by atoms with Crippen LogP contribution in [0.2, 0.25) is 0 Å². The molecule has 0 aromatic carbocycles. The molecule has 0 aliphatic rings. The summed E-state index contributed by atoms with van der Waals surface area (Å²) in [5.41, 5.74) is 3.57. The van der Waals surface area contributed by atoms with Crippen molar-refractivity contribution in [1.29, 1.82) is 0 Å². The molecular formula is C16H24N4O. The van der Waals surface area contributed by atoms with Gasteiger partial charge < -0.3 is 4.74 Å². The lowest BCUT2D eigenvalue weighted by Crippen LogP contribution is -2.27. The van der Waals surface area contributed by atoms with Gasteiger partial charge in [0.25, 0.3) is 0 Å². The van der Waals surface area contributed by atoms with Gasteiger partial charge in [0.15, 0.2) is 0 Å². The SMILES string of the molecule is CCc1ccc(CN(CCOC)Cc2cnn(C)c2)nc1. The molecule has 21 heavy (non-hydrogen) atoms. The Morgan fingerprint density at radius 3 is 2.62 bits per heavy atom. The third-order valence-corrected chi connectivity index (χ3v) is 3.46. The van der Waals surface area contributed by atoms with Gasteiger partial charge in [-0.05, 0) is 18.1 Å². The number of rotatable bonds is 8. The number of pyridine rings is 1. The molecule has 0 saturated carbocycles. The summed E-state index contributed by atoms with van der Waals surface area (Å²) in [5.74, 6) is 0. The van der Waals surface area contributed by atoms with E-state index in [0.29, 0.717) is 6.61 Å². The third-order valence-electron chi connectivity index (χ3n) is 3.46. The van der Waals surface area contributed by atoms with Gasteiger partial charge in [-0.15, -0.1) is 0 Å². The van der Waals surface area contributed by atoms with E-state index in [9.17, 15) is 0 Å². The van der Waals surface area contributed by atoms with Crippen LogP contribution in [-0.2, 0) is 31.3 Å². The van der Waals surface area contributed by atoms with Gasteiger partial charge in [0.05, 0.1) is 18.5 Å². The zero-order valence-corrected chi connectivity index (χ0v) is 13.1. The van der Waals surface area contributed by atoms with Crippen LogP contribution in [0.1, 0.15) is 23.7 Å². The fraction of sp³-hybridized carbons (Fsp3) is 0.500. The Balaban J connectivity index is 2.00. The number of hydrogen-bond acceptors (Lipinski definition) is 4. The minimum absolute atomic E-state index is 0.716. The molecule has 114 valence electrons. The van der Waals surface area contributed by atoms with Crippen molar-refractivity contribution in [2.45, 2.75) is 26.4 Å². The van der Waals surface area contributed by atoms with E-state index in [-0.39, 0.29) is 0 Å². The first-order valence-corrected chi connectivity index (χ1v) is 7.34. The molecular weight excluding hydrogens is 264 g/mol. The molecule has 2 heterocycles. The Kier molecular flexibility index (Phi) is 5.90. The van der Waals surface area contributed by atoms with Crippen LogP contribution in [-0.4, -0.2) is 39.9 Å². The summed E-state index contributed by atoms with van der Waals surface area (Å²) in [6, 6.07) is 4.27. The molecule has 5 nitrogen and oxygen atoms in total. The standard InChI is InChI=1S/C16H24N4O/c1-4-14-5-6-16(17-9-14)13-20(7-8-21-3)12-15-10-18-19(2)11-15/h5-6,9-11H,4,7-8,12-13H2,1-3H3. The highest BCUT2D eigenvalue weighted by Crippen LogP contribution is 2.09. The zero-order chi connectivity index (χ0) is 15.1. The Morgan fingerprint density at radius 1 is 1.19 bits per heavy atom. The highest BCUT2D eigenvalue weighted by atomic mass is 16.5. The van der Waals surface area contributed by atoms with E-state index >= 15 is 0 Å². The Labute approximate surface area is 126 Å². The van der Waals surface area contributed by atoms with Gasteiger partial charge in [-0.2, -0.15) is 5.10 Å². The van der Waals surface area contributed by atoms with E-state index in [4.69, 9.17) is 4.74 Å². The van der Waals surface area contributed by atoms with Gasteiger partial charge >= 0.3 is 0 Å². The van der Waals surface area contributed by atoms with Crippen molar-refractivity contribution < 1.29 is 4.74 Å². The Morgan fingerprint density at radius 2 is 2.05 bits per heavy atom. The normalized spacial score (nSPS) is 11.2. The van der Waals surface area contributed by atoms with Crippen LogP contribution in [0.15, 0.2) is 30.7 Å². The molecule has 0 aliphatic carbocycles. The fourth-order valence-electron chi connectivity index (χ4n) is 2.23. The minimum Gasteiger partial charge on any atom is -0.383 e. The number of hydrogen-bond donors (Lipinski definition) is 0. The molecule has 2 rings (SSSR count). The van der Waals surface area contributed by atoms with Crippen molar-refractivity contribution in [1.82, 2.24) is 19.7 Å². The van der Waals surface area contributed by atoms with Crippen molar-refractivity contribution >= 4 is 0 Å². The maximum absolute atomic E-state index is 5.21. The van der Waals surface area contributed by atoms with Crippen molar-refractivity contribution in [3.8, 4) is 0 Å². The molecule has 0 N–H and O–H groups in total. The molecule has 0 bridgehead atoms. The van der Waals surface area contributed by atoms with Gasteiger partial charge in [-0.3, -0.25) is 14.6 Å². The molecule has 0 aliphatic heterocycles. The van der Waals surface area contributed by atoms with Gasteiger partial charge in [-0.25, -0.2) is 0 Å². The van der Waals surface area contributed by atoms with E-state index < -0.39 is 0 Å². The highest BCUT2D eigenvalue weighted by Gasteiger charge is 2.09. The summed E-state index contributed by atoms with van der Waals surface area (Å²) < 4.78 is 7.04. The quantitative estimate of drug-likeness (QED) is 0.745. The summed E-state index contributed by atoms with van der Waals surface area (Å²) in [7, 11) is 3.67. The summed E-state index contributed by atoms with van der Waals surface area (Å²) >= 11 is 0. The van der Waals surface area contributed by atoms with Crippen molar-refractivity contribution in [2.24, 2.45) is 7.05 Å². The second-order valence-corrected chi connectivity index (χ2v) is 5.24. The van der Waals surface area contributed by atoms with Crippen LogP contribution < -0.4 is 0 Å². The lowest BCUT2D eigenvalue weighted by atomic mass is 10.2. The van der Waals surface area contributed by atoms with Crippen molar-refractivity contribution in [3.63, 3.8) is 0 Å². The summed E-state index contributed by atoms with van der Waals surface area (Å²) in [6.45, 7) is 5.41. The number of ether oxygens (including phenoxy) is 1. The van der Waals surface area contributed by atoms with Gasteiger partial charge in [0.2, 0.25) is 0 Å². The molecule has 0 radical (unpaired) electrons. The van der Waals surface area contributed by atoms with Crippen LogP contribution in [0, 0.1) is 0 Å². The molecule has 0 spiro atoms. The zero-order valence-electron chi connectivity index (χ0n) is 13.1. The molecule has 0 saturated heterocycles. The summed E-state index contributed by atoms with van der Waals surface area (Å²) in [4.78, 5) is 6.87. The minimum atomic E-state index is 0.716. The topological polar surface area (TPSA) is 43.2 Å². The fourth-order valence-corrected chi connectivity index (χ4v) is 2.23. The van der Waals surface area contributed by atoms with Gasteiger partial charge in [0, 0.05) is 51.7 Å². The highest BCUT2D eigenvalue weighted by molar-refractivity contribution is 5.14. The van der Waals surface area contributed by atoms with E-state index in [1.807, 2.05) is 30.3 Å². The molecule has 0 unspecified atom stereocenters. The largest absolute Gasteiger partial charge is 0.383 e. The number of aromatic nitrogens is 3. The Bertz CT molecular complexity index is 535. The van der Waals surface area contributed by atoms with Gasteiger partial charge in [-0.1, -0.05) is 13.0 Å². The predicted octanol–water partition coefficient (Wildman–Crippen LogP) is 2.03. The number of nitrogens with zero attached hydrogens (tertiary/aromatic N) is 4. The van der Waals surface area contributed by atoms with Gasteiger partial charge in [0.1, 0.15) is 0 Å². The number of methoxy groups -OCH3 is 1. The monoisotopic (exact) mass is 288 g/mol. The van der Waals surface area contributed by atoms with E-state index in [2.05, 4.69) is 34.0 Å². The average Bonchev–Trinajstić information content (AvgIpc) is 2.90. The molecule has 5 heteroatoms. The lowest BCUT2D eigenvalue weighted by Gasteiger charge is -2.21. The molecule has 2 aromatic heterocycles. The molecule has 0 atom stereocenters. The molecule has 0 amide bonds. The van der Waals surface area contributed by atoms with E-state index in [0.717, 1.165) is 31.7 Å². The van der Waals surface area contributed by atoms with Crippen LogP contribution in [0.5, 0.6) is 0 Å². The molecule has 0 fully saturated rings. The van der Waals surface area contributed by atoms with Crippen molar-refractivity contribution in [2.75, 3.05) is 20.3 Å². The molecule has 2 aromatic rings. The smallest absolute Gasteiger partial charge is 0.0589 e. The van der Waals surface area contributed by atoms with Crippen LogP contribution in [0.4, 0.5) is 0 Å². The maximum atomic E-state index is 5.21. The van der Waals surface area contributed by atoms with Crippen LogP contribution in [0.25, 0.3) is 0 Å². The van der Waals surface area contributed by atoms with E-state index in [1.165, 1.54) is 11.1 Å². The van der Waals surface area contributed by atoms with Crippen LogP contribution >= 0.6 is 0 Å². The first kappa shape index (κ1) is 15.7. The Hall–Kier alpha value is -1.72. The number of aryl methyl sites for hydroxylation is 2. The third kappa shape index (κ3) is 4.95. The summed E-state index contributed by atoms with van der Waals surface area (Å²) in [6.07, 6.45) is 6.95. The summed E-state index contributed by atoms with van der Waals surface area (Å²) in [5, 5.41) is 4.22. The first-order chi connectivity index (χ1) is 10.2. The van der Waals surface area contributed by atoms with Crippen LogP contribution in [0.3, 0.4) is 0 Å². The van der Waals surface area contributed by atoms with E-state index in [1.54, 1.807) is 7.11 Å². The second kappa shape index (κ2) is 7.90. The lowest BCUT2D eigenvalue weighted by molar-refractivity contribution is 0.139.